The van der Waals surface area contributed by atoms with Gasteiger partial charge < -0.3 is 39.9 Å². The van der Waals surface area contributed by atoms with Crippen LogP contribution < -0.4 is 10.6 Å². The first-order valence-electron chi connectivity index (χ1n) is 24.7. The van der Waals surface area contributed by atoms with Gasteiger partial charge in [0.05, 0.1) is 49.2 Å². The zero-order chi connectivity index (χ0) is 46.1. The molecule has 4 amide bonds. The fraction of sp³-hybridized carbons (Fsp3) is 0.509. The molecule has 350 valence electrons. The predicted octanol–water partition coefficient (Wildman–Crippen LogP) is 9.52. The first-order valence-corrected chi connectivity index (χ1v) is 24.7. The molecule has 1 spiro atoms. The number of imidazole rings is 2. The van der Waals surface area contributed by atoms with Gasteiger partial charge >= 0.3 is 12.2 Å². The SMILES string of the molecule is COC(=O)NC(C)C(=O)N1CCCC1c1ncc(-c2ccc(-c3ccc(-c4ccc5nc(C6CCCN6C(=O)C(C)NC(=O)OC)[nH]c5c4)c4c3C3CCC4CC3)c3c2CC2(CCCC2)C3)[nH]1. The Kier molecular flexibility index (Phi) is 11.1. The van der Waals surface area contributed by atoms with Crippen LogP contribution in [0.1, 0.15) is 149 Å². The molecule has 2 saturated heterocycles. The smallest absolute Gasteiger partial charge is 0.407 e. The maximum absolute atomic E-state index is 13.5. The lowest BCUT2D eigenvalue weighted by Gasteiger charge is -2.41. The van der Waals surface area contributed by atoms with Crippen molar-refractivity contribution in [3.05, 3.63) is 82.6 Å². The van der Waals surface area contributed by atoms with Crippen LogP contribution >= 0.6 is 0 Å². The minimum Gasteiger partial charge on any atom is -0.453 e. The molecule has 2 aliphatic heterocycles. The molecule has 12 rings (SSSR count). The molecule has 67 heavy (non-hydrogen) atoms. The third-order valence-electron chi connectivity index (χ3n) is 16.5. The van der Waals surface area contributed by atoms with Crippen molar-refractivity contribution in [3.8, 4) is 33.5 Å². The molecular formula is C53H62N8O6. The summed E-state index contributed by atoms with van der Waals surface area (Å²) in [5.41, 5.74) is 15.6. The van der Waals surface area contributed by atoms with Crippen molar-refractivity contribution in [1.82, 2.24) is 40.4 Å². The number of methoxy groups -OCH3 is 2. The van der Waals surface area contributed by atoms with Gasteiger partial charge in [0.25, 0.3) is 0 Å². The number of nitrogens with one attached hydrogen (secondary N) is 4. The summed E-state index contributed by atoms with van der Waals surface area (Å²) >= 11 is 0. The minimum atomic E-state index is -0.705. The number of nitrogens with zero attached hydrogens (tertiary/aromatic N) is 4. The topological polar surface area (TPSA) is 175 Å². The number of amides is 4. The lowest BCUT2D eigenvalue weighted by molar-refractivity contribution is -0.134. The lowest BCUT2D eigenvalue weighted by atomic mass is 9.63. The van der Waals surface area contributed by atoms with Crippen LogP contribution in [0.3, 0.4) is 0 Å². The molecule has 14 nitrogen and oxygen atoms in total. The monoisotopic (exact) mass is 906 g/mol. The number of carbonyl (C=O) groups is 4. The Morgan fingerprint density at radius 1 is 0.672 bits per heavy atom. The first kappa shape index (κ1) is 43.4. The Balaban J connectivity index is 0.929. The number of aromatic nitrogens is 4. The van der Waals surface area contributed by atoms with E-state index in [0.717, 1.165) is 66.9 Å². The van der Waals surface area contributed by atoms with E-state index in [1.807, 2.05) is 16.0 Å². The zero-order valence-corrected chi connectivity index (χ0v) is 39.1. The molecule has 2 aromatic heterocycles. The molecule has 2 bridgehead atoms. The predicted molar refractivity (Wildman–Crippen MR) is 254 cm³/mol. The molecule has 14 heteroatoms. The highest BCUT2D eigenvalue weighted by Crippen LogP contribution is 2.58. The van der Waals surface area contributed by atoms with Gasteiger partial charge in [-0.15, -0.1) is 0 Å². The number of ether oxygens (including phenoxy) is 2. The summed E-state index contributed by atoms with van der Waals surface area (Å²) in [7, 11) is 2.60. The number of alkyl carbamates (subject to hydrolysis) is 2. The highest BCUT2D eigenvalue weighted by Gasteiger charge is 2.44. The van der Waals surface area contributed by atoms with Gasteiger partial charge in [-0.25, -0.2) is 19.6 Å². The van der Waals surface area contributed by atoms with Crippen LogP contribution in [0.2, 0.25) is 0 Å². The van der Waals surface area contributed by atoms with Crippen LogP contribution in [0.25, 0.3) is 44.5 Å². The maximum atomic E-state index is 13.5. The lowest BCUT2D eigenvalue weighted by Crippen LogP contribution is -2.46. The molecule has 4 heterocycles. The normalized spacial score (nSPS) is 23.3. The summed E-state index contributed by atoms with van der Waals surface area (Å²) < 4.78 is 9.50. The van der Waals surface area contributed by atoms with Crippen molar-refractivity contribution in [2.24, 2.45) is 5.41 Å². The van der Waals surface area contributed by atoms with E-state index in [1.54, 1.807) is 19.4 Å². The molecule has 4 fully saturated rings. The molecule has 5 aliphatic carbocycles. The molecule has 5 aromatic rings. The van der Waals surface area contributed by atoms with Gasteiger partial charge in [0.2, 0.25) is 11.8 Å². The van der Waals surface area contributed by atoms with Crippen LogP contribution in [0, 0.1) is 5.41 Å². The highest BCUT2D eigenvalue weighted by molar-refractivity contribution is 5.89. The number of aromatic amines is 2. The van der Waals surface area contributed by atoms with Crippen molar-refractivity contribution < 1.29 is 28.7 Å². The van der Waals surface area contributed by atoms with Crippen LogP contribution in [-0.4, -0.2) is 93.1 Å². The third-order valence-corrected chi connectivity index (χ3v) is 16.5. The largest absolute Gasteiger partial charge is 0.453 e. The molecular weight excluding hydrogens is 845 g/mol. The van der Waals surface area contributed by atoms with Crippen molar-refractivity contribution >= 4 is 35.0 Å². The number of hydrogen-bond acceptors (Lipinski definition) is 8. The maximum Gasteiger partial charge on any atom is 0.407 e. The van der Waals surface area contributed by atoms with Gasteiger partial charge in [-0.3, -0.25) is 9.59 Å². The molecule has 4 unspecified atom stereocenters. The molecule has 0 radical (unpaired) electrons. The van der Waals surface area contributed by atoms with Gasteiger partial charge in [-0.05, 0) is 165 Å². The van der Waals surface area contributed by atoms with E-state index >= 15 is 0 Å². The summed E-state index contributed by atoms with van der Waals surface area (Å²) in [4.78, 5) is 71.8. The summed E-state index contributed by atoms with van der Waals surface area (Å²) in [6, 6.07) is 14.3. The zero-order valence-electron chi connectivity index (χ0n) is 39.1. The second-order valence-corrected chi connectivity index (χ2v) is 20.3. The highest BCUT2D eigenvalue weighted by atomic mass is 16.5. The van der Waals surface area contributed by atoms with E-state index in [-0.39, 0.29) is 29.3 Å². The number of rotatable bonds is 9. The third kappa shape index (κ3) is 7.54. The first-order chi connectivity index (χ1) is 32.5. The van der Waals surface area contributed by atoms with Gasteiger partial charge in [-0.2, -0.15) is 0 Å². The average Bonchev–Trinajstić information content (AvgIpc) is 4.22. The Morgan fingerprint density at radius 3 is 1.85 bits per heavy atom. The number of hydrogen-bond donors (Lipinski definition) is 4. The fourth-order valence-electron chi connectivity index (χ4n) is 13.3. The van der Waals surface area contributed by atoms with Crippen LogP contribution in [0.4, 0.5) is 9.59 Å². The summed E-state index contributed by atoms with van der Waals surface area (Å²) in [5.74, 6) is 2.32. The van der Waals surface area contributed by atoms with E-state index in [4.69, 9.17) is 19.4 Å². The van der Waals surface area contributed by atoms with Crippen molar-refractivity contribution in [1.29, 1.82) is 0 Å². The molecule has 4 atom stereocenters. The number of fused-ring (bicyclic) bond motifs is 4. The Morgan fingerprint density at radius 2 is 1.22 bits per heavy atom. The molecule has 7 aliphatic rings. The van der Waals surface area contributed by atoms with E-state index in [2.05, 4.69) is 63.1 Å². The van der Waals surface area contributed by atoms with E-state index in [0.29, 0.717) is 24.9 Å². The molecule has 2 saturated carbocycles. The van der Waals surface area contributed by atoms with Gasteiger partial charge in [0, 0.05) is 18.7 Å². The van der Waals surface area contributed by atoms with Gasteiger partial charge in [-0.1, -0.05) is 43.2 Å². The summed E-state index contributed by atoms with van der Waals surface area (Å²) in [6.07, 6.45) is 16.2. The second-order valence-electron chi connectivity index (χ2n) is 20.3. The van der Waals surface area contributed by atoms with Crippen molar-refractivity contribution in [2.45, 2.75) is 140 Å². The molecule has 3 aromatic carbocycles. The van der Waals surface area contributed by atoms with Crippen LogP contribution in [-0.2, 0) is 31.9 Å². The number of H-pyrrole nitrogens is 2. The summed E-state index contributed by atoms with van der Waals surface area (Å²) in [5, 5.41) is 5.27. The fourth-order valence-corrected chi connectivity index (χ4v) is 13.3. The number of carbonyl (C=O) groups excluding carboxylic acids is 4. The summed E-state index contributed by atoms with van der Waals surface area (Å²) in [6.45, 7) is 4.62. The molecule has 4 N–H and O–H groups in total. The quantitative estimate of drug-likeness (QED) is 0.113. The van der Waals surface area contributed by atoms with Crippen molar-refractivity contribution in [3.63, 3.8) is 0 Å². The van der Waals surface area contributed by atoms with Crippen LogP contribution in [0.5, 0.6) is 0 Å². The Labute approximate surface area is 391 Å². The Bertz CT molecular complexity index is 2780. The van der Waals surface area contributed by atoms with E-state index in [9.17, 15) is 19.2 Å². The van der Waals surface area contributed by atoms with Crippen LogP contribution in [0.15, 0.2) is 48.7 Å². The Hall–Kier alpha value is -6.18. The number of likely N-dealkylation sites (tertiary alicyclic amines) is 2. The van der Waals surface area contributed by atoms with E-state index < -0.39 is 24.3 Å². The second kappa shape index (κ2) is 17.2. The van der Waals surface area contributed by atoms with E-state index in [1.165, 1.54) is 110 Å². The van der Waals surface area contributed by atoms with Gasteiger partial charge in [0.15, 0.2) is 0 Å². The van der Waals surface area contributed by atoms with Gasteiger partial charge in [0.1, 0.15) is 23.7 Å². The minimum absolute atomic E-state index is 0.137. The van der Waals surface area contributed by atoms with Crippen molar-refractivity contribution in [2.75, 3.05) is 27.3 Å². The standard InChI is InChI=1S/C53H62N8O6/c1-29(55-51(64)66-3)49(62)60-23-7-9-43(60)47-54-28-42(59-47)36-18-17-35(38-26-53(27-39(36)38)21-5-6-22-53)37-19-16-34(45-31-11-13-32(14-12-31)46(37)45)33-15-20-40-41(25-33)58-48(57-40)44-10-8-24-61(44)50(63)30(2)56-52(65)67-4/h15-20,25,28-32,43-44H,5-14,21-24,26-27H2,1-4H3,(H,54,59)(H,55,64)(H,56,65)(H,57,58). The average molecular weight is 907 g/mol. The number of benzene rings is 3.